The average molecular weight is 331 g/mol. The van der Waals surface area contributed by atoms with Crippen LogP contribution < -0.4 is 10.1 Å². The Morgan fingerprint density at radius 2 is 2.09 bits per heavy atom. The third-order valence-corrected chi connectivity index (χ3v) is 4.64. The maximum absolute atomic E-state index is 12.7. The molecule has 120 valence electrons. The molecule has 1 amide bonds. The molecule has 0 fully saturated rings. The van der Waals surface area contributed by atoms with Crippen molar-refractivity contribution >= 4 is 23.3 Å². The number of benzene rings is 1. The molecule has 0 unspecified atom stereocenters. The maximum Gasteiger partial charge on any atom is 0.235 e. The summed E-state index contributed by atoms with van der Waals surface area (Å²) in [6, 6.07) is 9.53. The molecule has 5 heteroatoms. The van der Waals surface area contributed by atoms with E-state index in [4.69, 9.17) is 16.3 Å². The number of carbonyl (C=O) groups is 1. The summed E-state index contributed by atoms with van der Waals surface area (Å²) in [6.07, 6.45) is 0.885. The van der Waals surface area contributed by atoms with Crippen LogP contribution in [0.4, 0.5) is 5.82 Å². The molecule has 1 aliphatic heterocycles. The molecule has 0 atom stereocenters. The van der Waals surface area contributed by atoms with Crippen LogP contribution in [-0.4, -0.2) is 17.5 Å². The van der Waals surface area contributed by atoms with E-state index in [-0.39, 0.29) is 5.91 Å². The Bertz CT molecular complexity index is 772. The normalized spacial score (nSPS) is 13.4. The standard InChI is InChI=1S/C18H19ClN2O2/c1-11-4-7-15(20-16(11)19)21-17(22)18(2,3)13-5-6-14-12(10-13)8-9-23-14/h4-7,10H,8-9H2,1-3H3,(H,20,21,22). The zero-order valence-corrected chi connectivity index (χ0v) is 14.2. The molecule has 4 nitrogen and oxygen atoms in total. The summed E-state index contributed by atoms with van der Waals surface area (Å²) >= 11 is 6.02. The number of hydrogen-bond acceptors (Lipinski definition) is 3. The Labute approximate surface area is 140 Å². The van der Waals surface area contributed by atoms with Crippen LogP contribution in [0.2, 0.25) is 5.15 Å². The third kappa shape index (κ3) is 3.04. The molecule has 1 aliphatic rings. The molecule has 0 saturated heterocycles. The number of aryl methyl sites for hydroxylation is 1. The van der Waals surface area contributed by atoms with Crippen molar-refractivity contribution in [3.05, 3.63) is 52.2 Å². The minimum atomic E-state index is -0.684. The Morgan fingerprint density at radius 3 is 2.83 bits per heavy atom. The molecule has 1 aromatic carbocycles. The number of halogens is 1. The smallest absolute Gasteiger partial charge is 0.235 e. The molecule has 3 rings (SSSR count). The van der Waals surface area contributed by atoms with Crippen molar-refractivity contribution in [1.29, 1.82) is 0 Å². The highest BCUT2D eigenvalue weighted by atomic mass is 35.5. The monoisotopic (exact) mass is 330 g/mol. The van der Waals surface area contributed by atoms with E-state index in [1.54, 1.807) is 6.07 Å². The zero-order valence-electron chi connectivity index (χ0n) is 13.4. The van der Waals surface area contributed by atoms with Gasteiger partial charge in [-0.25, -0.2) is 4.98 Å². The number of ether oxygens (including phenoxy) is 1. The van der Waals surface area contributed by atoms with Gasteiger partial charge in [-0.1, -0.05) is 29.8 Å². The number of amides is 1. The van der Waals surface area contributed by atoms with Gasteiger partial charge in [-0.3, -0.25) is 4.79 Å². The fraction of sp³-hybridized carbons (Fsp3) is 0.333. The number of pyridine rings is 1. The molecule has 1 aromatic heterocycles. The van der Waals surface area contributed by atoms with Gasteiger partial charge in [-0.05, 0) is 49.6 Å². The Morgan fingerprint density at radius 1 is 1.30 bits per heavy atom. The van der Waals surface area contributed by atoms with Gasteiger partial charge in [0.2, 0.25) is 5.91 Å². The topological polar surface area (TPSA) is 51.2 Å². The molecule has 2 aromatic rings. The second-order valence-corrected chi connectivity index (χ2v) is 6.66. The van der Waals surface area contributed by atoms with Gasteiger partial charge in [0, 0.05) is 6.42 Å². The number of nitrogens with one attached hydrogen (secondary N) is 1. The predicted octanol–water partition coefficient (Wildman–Crippen LogP) is 3.89. The van der Waals surface area contributed by atoms with E-state index in [2.05, 4.69) is 16.4 Å². The second-order valence-electron chi connectivity index (χ2n) is 6.30. The summed E-state index contributed by atoms with van der Waals surface area (Å²) in [5, 5.41) is 3.25. The molecule has 0 aliphatic carbocycles. The van der Waals surface area contributed by atoms with Crippen LogP contribution in [0.1, 0.15) is 30.5 Å². The molecule has 0 bridgehead atoms. The van der Waals surface area contributed by atoms with E-state index < -0.39 is 5.41 Å². The van der Waals surface area contributed by atoms with Crippen molar-refractivity contribution in [2.24, 2.45) is 0 Å². The SMILES string of the molecule is Cc1ccc(NC(=O)C(C)(C)c2ccc3c(c2)CCO3)nc1Cl. The van der Waals surface area contributed by atoms with E-state index >= 15 is 0 Å². The molecule has 2 heterocycles. The first kappa shape index (κ1) is 15.8. The third-order valence-electron chi connectivity index (χ3n) is 4.26. The summed E-state index contributed by atoms with van der Waals surface area (Å²) < 4.78 is 5.52. The van der Waals surface area contributed by atoms with Crippen molar-refractivity contribution in [2.45, 2.75) is 32.6 Å². The summed E-state index contributed by atoms with van der Waals surface area (Å²) in [4.78, 5) is 16.9. The highest BCUT2D eigenvalue weighted by Crippen LogP contribution is 2.32. The maximum atomic E-state index is 12.7. The van der Waals surface area contributed by atoms with E-state index in [0.29, 0.717) is 17.6 Å². The molecule has 0 radical (unpaired) electrons. The van der Waals surface area contributed by atoms with E-state index in [9.17, 15) is 4.79 Å². The van der Waals surface area contributed by atoms with E-state index in [0.717, 1.165) is 28.9 Å². The molecular formula is C18H19ClN2O2. The summed E-state index contributed by atoms with van der Waals surface area (Å²) in [6.45, 7) is 6.38. The van der Waals surface area contributed by atoms with E-state index in [1.165, 1.54) is 0 Å². The summed E-state index contributed by atoms with van der Waals surface area (Å²) in [5.41, 5.74) is 2.30. The van der Waals surface area contributed by atoms with Gasteiger partial charge in [0.15, 0.2) is 0 Å². The van der Waals surface area contributed by atoms with Crippen molar-refractivity contribution < 1.29 is 9.53 Å². The van der Waals surface area contributed by atoms with Gasteiger partial charge in [0.25, 0.3) is 0 Å². The first-order chi connectivity index (χ1) is 10.9. The number of rotatable bonds is 3. The van der Waals surface area contributed by atoms with Gasteiger partial charge in [0.05, 0.1) is 12.0 Å². The van der Waals surface area contributed by atoms with E-state index in [1.807, 2.05) is 39.0 Å². The minimum absolute atomic E-state index is 0.121. The lowest BCUT2D eigenvalue weighted by atomic mass is 9.82. The van der Waals surface area contributed by atoms with Crippen LogP contribution in [0, 0.1) is 6.92 Å². The number of hydrogen-bond donors (Lipinski definition) is 1. The number of anilines is 1. The van der Waals surface area contributed by atoms with Gasteiger partial charge in [0.1, 0.15) is 16.7 Å². The fourth-order valence-corrected chi connectivity index (χ4v) is 2.71. The molecular weight excluding hydrogens is 312 g/mol. The van der Waals surface area contributed by atoms with Gasteiger partial charge in [-0.15, -0.1) is 0 Å². The molecule has 0 saturated carbocycles. The minimum Gasteiger partial charge on any atom is -0.493 e. The molecule has 1 N–H and O–H groups in total. The lowest BCUT2D eigenvalue weighted by Crippen LogP contribution is -2.35. The lowest BCUT2D eigenvalue weighted by Gasteiger charge is -2.24. The number of carbonyl (C=O) groups excluding carboxylic acids is 1. The van der Waals surface area contributed by atoms with Gasteiger partial charge >= 0.3 is 0 Å². The Hall–Kier alpha value is -2.07. The van der Waals surface area contributed by atoms with Crippen molar-refractivity contribution in [3.63, 3.8) is 0 Å². The first-order valence-electron chi connectivity index (χ1n) is 7.59. The highest BCUT2D eigenvalue weighted by Gasteiger charge is 2.31. The van der Waals surface area contributed by atoms with Crippen molar-refractivity contribution in [2.75, 3.05) is 11.9 Å². The largest absolute Gasteiger partial charge is 0.493 e. The Balaban J connectivity index is 1.83. The summed E-state index contributed by atoms with van der Waals surface area (Å²) in [5.74, 6) is 1.25. The molecule has 23 heavy (non-hydrogen) atoms. The van der Waals surface area contributed by atoms with Crippen molar-refractivity contribution in [3.8, 4) is 5.75 Å². The van der Waals surface area contributed by atoms with Crippen molar-refractivity contribution in [1.82, 2.24) is 4.98 Å². The molecule has 0 spiro atoms. The van der Waals surface area contributed by atoms with Gasteiger partial charge < -0.3 is 10.1 Å². The quantitative estimate of drug-likeness (QED) is 0.868. The summed E-state index contributed by atoms with van der Waals surface area (Å²) in [7, 11) is 0. The number of aromatic nitrogens is 1. The zero-order chi connectivity index (χ0) is 16.6. The number of nitrogens with zero attached hydrogens (tertiary/aromatic N) is 1. The number of fused-ring (bicyclic) bond motifs is 1. The van der Waals surface area contributed by atoms with Crippen LogP contribution in [-0.2, 0) is 16.6 Å². The fourth-order valence-electron chi connectivity index (χ4n) is 2.55. The van der Waals surface area contributed by atoms with Crippen LogP contribution in [0.3, 0.4) is 0 Å². The second kappa shape index (κ2) is 5.85. The van der Waals surface area contributed by atoms with Gasteiger partial charge in [-0.2, -0.15) is 0 Å². The average Bonchev–Trinajstić information content (AvgIpc) is 2.98. The highest BCUT2D eigenvalue weighted by molar-refractivity contribution is 6.30. The Kier molecular flexibility index (Phi) is 4.02. The van der Waals surface area contributed by atoms with Crippen LogP contribution in [0.15, 0.2) is 30.3 Å². The lowest BCUT2D eigenvalue weighted by molar-refractivity contribution is -0.120. The van der Waals surface area contributed by atoms with Crippen LogP contribution in [0.25, 0.3) is 0 Å². The predicted molar refractivity (Wildman–Crippen MR) is 91.3 cm³/mol. The first-order valence-corrected chi connectivity index (χ1v) is 7.96. The van der Waals surface area contributed by atoms with Crippen LogP contribution in [0.5, 0.6) is 5.75 Å². The van der Waals surface area contributed by atoms with Crippen LogP contribution >= 0.6 is 11.6 Å².